The number of hydrogen-bond donors (Lipinski definition) is 0. The van der Waals surface area contributed by atoms with Gasteiger partial charge in [-0.1, -0.05) is 0 Å². The summed E-state index contributed by atoms with van der Waals surface area (Å²) in [4.78, 5) is 14.0. The molecule has 0 radical (unpaired) electrons. The second-order valence-electron chi connectivity index (χ2n) is 6.02. The SMILES string of the molecule is Cc1cnc2c(c1)nc(CCl)n2CC1CN(C)CCN1C. The molecule has 3 rings (SSSR count). The molecule has 1 aliphatic heterocycles. The zero-order valence-electron chi connectivity index (χ0n) is 12.9. The van der Waals surface area contributed by atoms with Gasteiger partial charge < -0.3 is 9.47 Å². The molecule has 0 aromatic carbocycles. The first-order valence-electron chi connectivity index (χ1n) is 7.35. The summed E-state index contributed by atoms with van der Waals surface area (Å²) >= 11 is 6.09. The number of rotatable bonds is 3. The highest BCUT2D eigenvalue weighted by molar-refractivity contribution is 6.16. The number of imidazole rings is 1. The summed E-state index contributed by atoms with van der Waals surface area (Å²) in [7, 11) is 4.37. The fourth-order valence-corrected chi connectivity index (χ4v) is 3.17. The minimum absolute atomic E-state index is 0.418. The molecule has 1 atom stereocenters. The summed E-state index contributed by atoms with van der Waals surface area (Å²) in [6.07, 6.45) is 1.90. The predicted molar refractivity (Wildman–Crippen MR) is 85.7 cm³/mol. The van der Waals surface area contributed by atoms with Crippen molar-refractivity contribution in [1.29, 1.82) is 0 Å². The molecular formula is C15H22ClN5. The number of likely N-dealkylation sites (N-methyl/N-ethyl adjacent to an activating group) is 2. The second kappa shape index (κ2) is 5.91. The van der Waals surface area contributed by atoms with E-state index in [0.717, 1.165) is 48.7 Å². The van der Waals surface area contributed by atoms with E-state index in [4.69, 9.17) is 11.6 Å². The molecule has 0 saturated carbocycles. The number of aromatic nitrogens is 3. The van der Waals surface area contributed by atoms with Gasteiger partial charge in [-0.25, -0.2) is 9.97 Å². The maximum Gasteiger partial charge on any atom is 0.160 e. The summed E-state index contributed by atoms with van der Waals surface area (Å²) in [5.74, 6) is 1.33. The number of nitrogens with zero attached hydrogens (tertiary/aromatic N) is 5. The molecule has 0 bridgehead atoms. The van der Waals surface area contributed by atoms with Crippen molar-refractivity contribution < 1.29 is 0 Å². The largest absolute Gasteiger partial charge is 0.310 e. The Labute approximate surface area is 130 Å². The van der Waals surface area contributed by atoms with Gasteiger partial charge in [0.15, 0.2) is 5.65 Å². The molecule has 1 unspecified atom stereocenters. The monoisotopic (exact) mass is 307 g/mol. The van der Waals surface area contributed by atoms with Gasteiger partial charge in [-0.05, 0) is 32.6 Å². The van der Waals surface area contributed by atoms with Crippen molar-refractivity contribution in [2.45, 2.75) is 25.4 Å². The Bertz CT molecular complexity index is 638. The van der Waals surface area contributed by atoms with E-state index in [1.54, 1.807) is 0 Å². The van der Waals surface area contributed by atoms with Crippen molar-refractivity contribution >= 4 is 22.8 Å². The fourth-order valence-electron chi connectivity index (χ4n) is 2.96. The fraction of sp³-hybridized carbons (Fsp3) is 0.600. The molecule has 3 heterocycles. The molecule has 1 aliphatic rings. The van der Waals surface area contributed by atoms with Gasteiger partial charge in [-0.15, -0.1) is 11.6 Å². The smallest absolute Gasteiger partial charge is 0.160 e. The van der Waals surface area contributed by atoms with Crippen LogP contribution in [-0.2, 0) is 12.4 Å². The molecule has 0 spiro atoms. The molecule has 114 valence electrons. The Hall–Kier alpha value is -1.17. The van der Waals surface area contributed by atoms with E-state index >= 15 is 0 Å². The highest BCUT2D eigenvalue weighted by atomic mass is 35.5. The number of fused-ring (bicyclic) bond motifs is 1. The lowest BCUT2D eigenvalue weighted by molar-refractivity contribution is 0.103. The van der Waals surface area contributed by atoms with Gasteiger partial charge in [0.25, 0.3) is 0 Å². The van der Waals surface area contributed by atoms with Crippen LogP contribution in [0.15, 0.2) is 12.3 Å². The van der Waals surface area contributed by atoms with Crippen molar-refractivity contribution in [2.24, 2.45) is 0 Å². The Balaban J connectivity index is 1.95. The first kappa shape index (κ1) is 14.8. The molecule has 5 nitrogen and oxygen atoms in total. The zero-order valence-corrected chi connectivity index (χ0v) is 13.6. The summed E-state index contributed by atoms with van der Waals surface area (Å²) in [5.41, 5.74) is 3.01. The topological polar surface area (TPSA) is 37.2 Å². The number of pyridine rings is 1. The van der Waals surface area contributed by atoms with Crippen LogP contribution in [-0.4, -0.2) is 64.1 Å². The van der Waals surface area contributed by atoms with Crippen LogP contribution in [0.2, 0.25) is 0 Å². The third-order valence-electron chi connectivity index (χ3n) is 4.29. The molecule has 2 aromatic rings. The van der Waals surface area contributed by atoms with Crippen molar-refractivity contribution in [2.75, 3.05) is 33.7 Å². The lowest BCUT2D eigenvalue weighted by Gasteiger charge is -2.38. The highest BCUT2D eigenvalue weighted by Crippen LogP contribution is 2.19. The van der Waals surface area contributed by atoms with E-state index in [1.165, 1.54) is 0 Å². The van der Waals surface area contributed by atoms with Crippen LogP contribution in [0.4, 0.5) is 0 Å². The lowest BCUT2D eigenvalue weighted by atomic mass is 10.2. The maximum atomic E-state index is 6.09. The van der Waals surface area contributed by atoms with Crippen molar-refractivity contribution in [3.8, 4) is 0 Å². The van der Waals surface area contributed by atoms with E-state index in [-0.39, 0.29) is 0 Å². The minimum Gasteiger partial charge on any atom is -0.310 e. The highest BCUT2D eigenvalue weighted by Gasteiger charge is 2.24. The Morgan fingerprint density at radius 3 is 2.90 bits per heavy atom. The van der Waals surface area contributed by atoms with Gasteiger partial charge in [0, 0.05) is 38.4 Å². The third-order valence-corrected chi connectivity index (χ3v) is 4.53. The number of aryl methyl sites for hydroxylation is 1. The standard InChI is InChI=1S/C15H22ClN5/c1-11-6-13-15(17-8-11)21(14(7-16)18-13)10-12-9-19(2)4-5-20(12)3/h6,8,12H,4-5,7,9-10H2,1-3H3. The number of piperazine rings is 1. The van der Waals surface area contributed by atoms with Gasteiger partial charge in [-0.2, -0.15) is 0 Å². The predicted octanol–water partition coefficient (Wildman–Crippen LogP) is 1.72. The first-order chi connectivity index (χ1) is 10.1. The van der Waals surface area contributed by atoms with Crippen LogP contribution in [0.5, 0.6) is 0 Å². The van der Waals surface area contributed by atoms with Gasteiger partial charge in [0.1, 0.15) is 11.3 Å². The molecule has 6 heteroatoms. The molecular weight excluding hydrogens is 286 g/mol. The Kier molecular flexibility index (Phi) is 4.15. The molecule has 1 fully saturated rings. The maximum absolute atomic E-state index is 6.09. The van der Waals surface area contributed by atoms with Crippen LogP contribution in [0, 0.1) is 6.92 Å². The number of alkyl halides is 1. The van der Waals surface area contributed by atoms with Gasteiger partial charge in [0.2, 0.25) is 0 Å². The summed E-state index contributed by atoms with van der Waals surface area (Å²) in [6, 6.07) is 2.54. The van der Waals surface area contributed by atoms with Gasteiger partial charge in [0.05, 0.1) is 5.88 Å². The van der Waals surface area contributed by atoms with E-state index < -0.39 is 0 Å². The van der Waals surface area contributed by atoms with E-state index in [2.05, 4.69) is 44.5 Å². The van der Waals surface area contributed by atoms with Crippen LogP contribution >= 0.6 is 11.6 Å². The summed E-state index contributed by atoms with van der Waals surface area (Å²) in [5, 5.41) is 0. The van der Waals surface area contributed by atoms with Crippen LogP contribution in [0.3, 0.4) is 0 Å². The van der Waals surface area contributed by atoms with Crippen LogP contribution in [0.1, 0.15) is 11.4 Å². The molecule has 21 heavy (non-hydrogen) atoms. The van der Waals surface area contributed by atoms with Gasteiger partial charge >= 0.3 is 0 Å². The summed E-state index contributed by atoms with van der Waals surface area (Å²) < 4.78 is 2.18. The molecule has 1 saturated heterocycles. The van der Waals surface area contributed by atoms with E-state index in [1.807, 2.05) is 13.1 Å². The minimum atomic E-state index is 0.418. The van der Waals surface area contributed by atoms with Gasteiger partial charge in [-0.3, -0.25) is 4.90 Å². The van der Waals surface area contributed by atoms with Crippen LogP contribution < -0.4 is 0 Å². The zero-order chi connectivity index (χ0) is 15.0. The van der Waals surface area contributed by atoms with Crippen molar-refractivity contribution in [3.05, 3.63) is 23.7 Å². The van der Waals surface area contributed by atoms with E-state index in [9.17, 15) is 0 Å². The Morgan fingerprint density at radius 1 is 1.33 bits per heavy atom. The third kappa shape index (κ3) is 2.91. The normalized spacial score (nSPS) is 21.2. The second-order valence-corrected chi connectivity index (χ2v) is 6.29. The van der Waals surface area contributed by atoms with Crippen molar-refractivity contribution in [3.63, 3.8) is 0 Å². The van der Waals surface area contributed by atoms with Crippen LogP contribution in [0.25, 0.3) is 11.2 Å². The molecule has 0 aliphatic carbocycles. The first-order valence-corrected chi connectivity index (χ1v) is 7.88. The average Bonchev–Trinajstić information content (AvgIpc) is 2.80. The number of halogens is 1. The van der Waals surface area contributed by atoms with E-state index in [0.29, 0.717) is 11.9 Å². The lowest BCUT2D eigenvalue weighted by Crippen LogP contribution is -2.51. The molecule has 2 aromatic heterocycles. The van der Waals surface area contributed by atoms with Crippen molar-refractivity contribution in [1.82, 2.24) is 24.3 Å². The quantitative estimate of drug-likeness (QED) is 0.809. The molecule has 0 N–H and O–H groups in total. The summed E-state index contributed by atoms with van der Waals surface area (Å²) in [6.45, 7) is 6.20. The number of hydrogen-bond acceptors (Lipinski definition) is 4. The Morgan fingerprint density at radius 2 is 2.14 bits per heavy atom. The average molecular weight is 308 g/mol. The molecule has 0 amide bonds.